The van der Waals surface area contributed by atoms with E-state index in [0.29, 0.717) is 5.82 Å². The van der Waals surface area contributed by atoms with Crippen molar-refractivity contribution in [3.63, 3.8) is 0 Å². The standard InChI is InChI=1S/C16H17N3O3/c1-12(15(20)19-14-9-5-6-10-17-14)18-16(21)22-11-13-7-3-2-4-8-13/h2-10,12H,11H2,1H3,(H,18,21)(H,17,19,20). The molecular weight excluding hydrogens is 282 g/mol. The van der Waals surface area contributed by atoms with Crippen LogP contribution in [0.25, 0.3) is 0 Å². The second-order valence-electron chi connectivity index (χ2n) is 4.63. The molecule has 0 saturated carbocycles. The van der Waals surface area contributed by atoms with E-state index in [1.54, 1.807) is 31.3 Å². The van der Waals surface area contributed by atoms with E-state index in [9.17, 15) is 9.59 Å². The van der Waals surface area contributed by atoms with E-state index in [0.717, 1.165) is 5.56 Å². The molecule has 1 aromatic carbocycles. The van der Waals surface area contributed by atoms with Crippen molar-refractivity contribution in [3.8, 4) is 0 Å². The number of alkyl carbamates (subject to hydrolysis) is 1. The Bertz CT molecular complexity index is 617. The van der Waals surface area contributed by atoms with E-state index < -0.39 is 12.1 Å². The number of nitrogens with one attached hydrogen (secondary N) is 2. The van der Waals surface area contributed by atoms with Crippen LogP contribution in [0.2, 0.25) is 0 Å². The summed E-state index contributed by atoms with van der Waals surface area (Å²) < 4.78 is 5.05. The third-order valence-electron chi connectivity index (χ3n) is 2.86. The molecule has 1 heterocycles. The highest BCUT2D eigenvalue weighted by Gasteiger charge is 2.16. The Balaban J connectivity index is 1.77. The number of hydrogen-bond donors (Lipinski definition) is 2. The summed E-state index contributed by atoms with van der Waals surface area (Å²) in [6.07, 6.45) is 0.925. The molecule has 2 rings (SSSR count). The lowest BCUT2D eigenvalue weighted by Crippen LogP contribution is -2.41. The molecule has 0 aliphatic heterocycles. The molecule has 0 aliphatic carbocycles. The van der Waals surface area contributed by atoms with Gasteiger partial charge >= 0.3 is 6.09 Å². The minimum Gasteiger partial charge on any atom is -0.445 e. The average molecular weight is 299 g/mol. The third-order valence-corrected chi connectivity index (χ3v) is 2.86. The van der Waals surface area contributed by atoms with Crippen LogP contribution in [0.1, 0.15) is 12.5 Å². The first-order valence-electron chi connectivity index (χ1n) is 6.84. The molecule has 2 N–H and O–H groups in total. The number of anilines is 1. The first-order chi connectivity index (χ1) is 10.6. The van der Waals surface area contributed by atoms with Gasteiger partial charge in [-0.1, -0.05) is 36.4 Å². The molecule has 2 amide bonds. The summed E-state index contributed by atoms with van der Waals surface area (Å²) in [7, 11) is 0. The number of carbonyl (C=O) groups is 2. The van der Waals surface area contributed by atoms with Crippen LogP contribution in [0, 0.1) is 0 Å². The summed E-state index contributed by atoms with van der Waals surface area (Å²) in [4.78, 5) is 27.5. The van der Waals surface area contributed by atoms with Gasteiger partial charge in [0.05, 0.1) is 0 Å². The molecule has 0 bridgehead atoms. The lowest BCUT2D eigenvalue weighted by molar-refractivity contribution is -0.117. The fourth-order valence-electron chi connectivity index (χ4n) is 1.68. The van der Waals surface area contributed by atoms with Gasteiger partial charge in [-0.25, -0.2) is 9.78 Å². The third kappa shape index (κ3) is 4.90. The number of rotatable bonds is 5. The molecule has 0 radical (unpaired) electrons. The van der Waals surface area contributed by atoms with Gasteiger partial charge in [-0.2, -0.15) is 0 Å². The van der Waals surface area contributed by atoms with Crippen molar-refractivity contribution in [1.82, 2.24) is 10.3 Å². The fourth-order valence-corrected chi connectivity index (χ4v) is 1.68. The number of ether oxygens (including phenoxy) is 1. The Hall–Kier alpha value is -2.89. The van der Waals surface area contributed by atoms with E-state index >= 15 is 0 Å². The lowest BCUT2D eigenvalue weighted by atomic mass is 10.2. The molecule has 0 aliphatic rings. The molecule has 6 heteroatoms. The molecular formula is C16H17N3O3. The molecule has 0 saturated heterocycles. The zero-order valence-electron chi connectivity index (χ0n) is 12.2. The van der Waals surface area contributed by atoms with Crippen molar-refractivity contribution in [3.05, 3.63) is 60.3 Å². The van der Waals surface area contributed by atoms with Crippen molar-refractivity contribution in [2.45, 2.75) is 19.6 Å². The highest BCUT2D eigenvalue weighted by atomic mass is 16.5. The molecule has 1 aromatic heterocycles. The Kier molecular flexibility index (Phi) is 5.48. The van der Waals surface area contributed by atoms with Crippen LogP contribution < -0.4 is 10.6 Å². The molecule has 6 nitrogen and oxygen atoms in total. The number of nitrogens with zero attached hydrogens (tertiary/aromatic N) is 1. The topological polar surface area (TPSA) is 80.3 Å². The van der Waals surface area contributed by atoms with Gasteiger partial charge in [0.2, 0.25) is 5.91 Å². The van der Waals surface area contributed by atoms with Gasteiger partial charge in [0.25, 0.3) is 0 Å². The first-order valence-corrected chi connectivity index (χ1v) is 6.84. The van der Waals surface area contributed by atoms with E-state index in [-0.39, 0.29) is 12.5 Å². The number of pyridine rings is 1. The maximum Gasteiger partial charge on any atom is 0.408 e. The number of aromatic nitrogens is 1. The molecule has 1 atom stereocenters. The van der Waals surface area contributed by atoms with Crippen LogP contribution in [-0.2, 0) is 16.1 Å². The summed E-state index contributed by atoms with van der Waals surface area (Å²) in [5.41, 5.74) is 0.878. The SMILES string of the molecule is CC(NC(=O)OCc1ccccc1)C(=O)Nc1ccccn1. The Morgan fingerprint density at radius 1 is 1.14 bits per heavy atom. The normalized spacial score (nSPS) is 11.3. The lowest BCUT2D eigenvalue weighted by Gasteiger charge is -2.13. The van der Waals surface area contributed by atoms with Gasteiger partial charge in [0.1, 0.15) is 18.5 Å². The van der Waals surface area contributed by atoms with Crippen molar-refractivity contribution in [2.24, 2.45) is 0 Å². The van der Waals surface area contributed by atoms with E-state index in [1.165, 1.54) is 0 Å². The summed E-state index contributed by atoms with van der Waals surface area (Å²) >= 11 is 0. The van der Waals surface area contributed by atoms with Crippen molar-refractivity contribution < 1.29 is 14.3 Å². The average Bonchev–Trinajstić information content (AvgIpc) is 2.55. The van der Waals surface area contributed by atoms with Crippen LogP contribution in [-0.4, -0.2) is 23.0 Å². The van der Waals surface area contributed by atoms with Crippen LogP contribution in [0.4, 0.5) is 10.6 Å². The number of hydrogen-bond acceptors (Lipinski definition) is 4. The molecule has 2 aromatic rings. The van der Waals surface area contributed by atoms with Crippen molar-refractivity contribution in [2.75, 3.05) is 5.32 Å². The Labute approximate surface area is 128 Å². The highest BCUT2D eigenvalue weighted by molar-refractivity contribution is 5.95. The maximum atomic E-state index is 11.9. The van der Waals surface area contributed by atoms with Gasteiger partial charge in [0, 0.05) is 6.20 Å². The molecule has 1 unspecified atom stereocenters. The maximum absolute atomic E-state index is 11.9. The van der Waals surface area contributed by atoms with Gasteiger partial charge in [-0.05, 0) is 24.6 Å². The first kappa shape index (κ1) is 15.5. The molecule has 22 heavy (non-hydrogen) atoms. The van der Waals surface area contributed by atoms with Crippen LogP contribution in [0.3, 0.4) is 0 Å². The minimum atomic E-state index is -0.731. The fraction of sp³-hybridized carbons (Fsp3) is 0.188. The highest BCUT2D eigenvalue weighted by Crippen LogP contribution is 2.02. The van der Waals surface area contributed by atoms with Gasteiger partial charge < -0.3 is 15.4 Å². The molecule has 114 valence electrons. The van der Waals surface area contributed by atoms with E-state index in [2.05, 4.69) is 15.6 Å². The van der Waals surface area contributed by atoms with Crippen LogP contribution in [0.15, 0.2) is 54.7 Å². The Morgan fingerprint density at radius 2 is 1.86 bits per heavy atom. The summed E-state index contributed by atoms with van der Waals surface area (Å²) in [6, 6.07) is 13.7. The Morgan fingerprint density at radius 3 is 2.55 bits per heavy atom. The van der Waals surface area contributed by atoms with Crippen LogP contribution in [0.5, 0.6) is 0 Å². The molecule has 0 fully saturated rings. The van der Waals surface area contributed by atoms with Gasteiger partial charge in [0.15, 0.2) is 0 Å². The quantitative estimate of drug-likeness (QED) is 0.888. The van der Waals surface area contributed by atoms with E-state index in [4.69, 9.17) is 4.74 Å². The second-order valence-corrected chi connectivity index (χ2v) is 4.63. The predicted molar refractivity (Wildman–Crippen MR) is 82.1 cm³/mol. The largest absolute Gasteiger partial charge is 0.445 e. The minimum absolute atomic E-state index is 0.154. The second kappa shape index (κ2) is 7.78. The zero-order chi connectivity index (χ0) is 15.8. The van der Waals surface area contributed by atoms with Gasteiger partial charge in [-0.3, -0.25) is 4.79 Å². The predicted octanol–water partition coefficient (Wildman–Crippen LogP) is 2.33. The summed E-state index contributed by atoms with van der Waals surface area (Å²) in [6.45, 7) is 1.73. The van der Waals surface area contributed by atoms with Gasteiger partial charge in [-0.15, -0.1) is 0 Å². The summed E-state index contributed by atoms with van der Waals surface area (Å²) in [5, 5.41) is 5.07. The van der Waals surface area contributed by atoms with E-state index in [1.807, 2.05) is 30.3 Å². The number of carbonyl (C=O) groups excluding carboxylic acids is 2. The molecule has 0 spiro atoms. The summed E-state index contributed by atoms with van der Waals surface area (Å²) in [5.74, 6) is 0.0640. The van der Waals surface area contributed by atoms with Crippen molar-refractivity contribution in [1.29, 1.82) is 0 Å². The van der Waals surface area contributed by atoms with Crippen molar-refractivity contribution >= 4 is 17.8 Å². The number of benzene rings is 1. The monoisotopic (exact) mass is 299 g/mol. The zero-order valence-corrected chi connectivity index (χ0v) is 12.2. The van der Waals surface area contributed by atoms with Crippen LogP contribution >= 0.6 is 0 Å². The number of amides is 2. The smallest absolute Gasteiger partial charge is 0.408 e.